The number of nitrogens with one attached hydrogen (secondary N) is 1. The van der Waals surface area contributed by atoms with E-state index in [-0.39, 0.29) is 0 Å². The molecule has 0 saturated heterocycles. The average Bonchev–Trinajstić information content (AvgIpc) is 2.37. The van der Waals surface area contributed by atoms with Crippen LogP contribution in [0.5, 0.6) is 0 Å². The van der Waals surface area contributed by atoms with Crippen LogP contribution in [-0.4, -0.2) is 9.97 Å². The van der Waals surface area contributed by atoms with Crippen LogP contribution in [0.1, 0.15) is 37.7 Å². The Labute approximate surface area is 68.0 Å². The van der Waals surface area contributed by atoms with Crippen LogP contribution in [0.15, 0.2) is 6.20 Å². The highest BCUT2D eigenvalue weighted by Crippen LogP contribution is 2.02. The summed E-state index contributed by atoms with van der Waals surface area (Å²) in [5, 5.41) is 0. The second-order valence-electron chi connectivity index (χ2n) is 2.95. The predicted octanol–water partition coefficient (Wildman–Crippen LogP) is 2.45. The fourth-order valence-electron chi connectivity index (χ4n) is 1.14. The summed E-state index contributed by atoms with van der Waals surface area (Å²) in [6.45, 7) is 4.23. The summed E-state index contributed by atoms with van der Waals surface area (Å²) in [5.74, 6) is 1.14. The molecule has 2 heteroatoms. The van der Waals surface area contributed by atoms with Crippen LogP contribution >= 0.6 is 0 Å². The molecule has 0 saturated carbocycles. The Morgan fingerprint density at radius 3 is 2.82 bits per heavy atom. The van der Waals surface area contributed by atoms with Crippen molar-refractivity contribution in [1.82, 2.24) is 9.97 Å². The molecular weight excluding hydrogens is 136 g/mol. The van der Waals surface area contributed by atoms with Crippen LogP contribution in [0.4, 0.5) is 0 Å². The third-order valence-corrected chi connectivity index (χ3v) is 1.78. The Morgan fingerprint density at radius 2 is 2.27 bits per heavy atom. The van der Waals surface area contributed by atoms with Crippen molar-refractivity contribution in [3.8, 4) is 0 Å². The van der Waals surface area contributed by atoms with Crippen LogP contribution < -0.4 is 0 Å². The minimum atomic E-state index is 1.09. The normalized spacial score (nSPS) is 10.4. The fourth-order valence-corrected chi connectivity index (χ4v) is 1.14. The molecule has 0 amide bonds. The number of rotatable bonds is 4. The Morgan fingerprint density at radius 1 is 1.45 bits per heavy atom. The van der Waals surface area contributed by atoms with E-state index < -0.39 is 0 Å². The molecule has 0 fully saturated rings. The fraction of sp³-hybridized carbons (Fsp3) is 0.667. The number of aromatic nitrogens is 2. The number of hydrogen-bond acceptors (Lipinski definition) is 1. The number of aryl methyl sites for hydroxylation is 2. The Bertz CT molecular complexity index is 203. The van der Waals surface area contributed by atoms with Crippen molar-refractivity contribution < 1.29 is 0 Å². The molecule has 1 N–H and O–H groups in total. The van der Waals surface area contributed by atoms with E-state index in [1.807, 2.05) is 13.1 Å². The molecule has 0 radical (unpaired) electrons. The zero-order valence-corrected chi connectivity index (χ0v) is 7.35. The average molecular weight is 152 g/mol. The van der Waals surface area contributed by atoms with Crippen LogP contribution in [0.2, 0.25) is 0 Å². The van der Waals surface area contributed by atoms with Gasteiger partial charge in [-0.15, -0.1) is 0 Å². The highest BCUT2D eigenvalue weighted by molar-refractivity contribution is 4.98. The minimum absolute atomic E-state index is 1.09. The lowest BCUT2D eigenvalue weighted by Crippen LogP contribution is -1.87. The number of imidazole rings is 1. The summed E-state index contributed by atoms with van der Waals surface area (Å²) in [5.41, 5.74) is 1.09. The lowest BCUT2D eigenvalue weighted by molar-refractivity contribution is 0.698. The molecule has 1 heterocycles. The first kappa shape index (κ1) is 8.31. The maximum Gasteiger partial charge on any atom is 0.106 e. The van der Waals surface area contributed by atoms with E-state index in [1.54, 1.807) is 0 Å². The first-order valence-corrected chi connectivity index (χ1v) is 4.34. The zero-order chi connectivity index (χ0) is 8.10. The quantitative estimate of drug-likeness (QED) is 0.659. The van der Waals surface area contributed by atoms with Gasteiger partial charge < -0.3 is 4.98 Å². The lowest BCUT2D eigenvalue weighted by atomic mass is 10.2. The molecule has 62 valence electrons. The molecule has 0 bridgehead atoms. The number of H-pyrrole nitrogens is 1. The minimum Gasteiger partial charge on any atom is -0.348 e. The third-order valence-electron chi connectivity index (χ3n) is 1.78. The number of nitrogens with zero attached hydrogens (tertiary/aromatic N) is 1. The van der Waals surface area contributed by atoms with E-state index in [0.29, 0.717) is 0 Å². The number of aromatic amines is 1. The smallest absolute Gasteiger partial charge is 0.106 e. The molecule has 0 aromatic carbocycles. The number of unbranched alkanes of at least 4 members (excludes halogenated alkanes) is 2. The van der Waals surface area contributed by atoms with Crippen molar-refractivity contribution in [2.75, 3.05) is 0 Å². The van der Waals surface area contributed by atoms with E-state index in [2.05, 4.69) is 16.9 Å². The van der Waals surface area contributed by atoms with Gasteiger partial charge in [-0.1, -0.05) is 19.8 Å². The van der Waals surface area contributed by atoms with Crippen LogP contribution in [0.3, 0.4) is 0 Å². The van der Waals surface area contributed by atoms with Crippen molar-refractivity contribution in [3.05, 3.63) is 17.7 Å². The van der Waals surface area contributed by atoms with Crippen molar-refractivity contribution in [3.63, 3.8) is 0 Å². The summed E-state index contributed by atoms with van der Waals surface area (Å²) in [4.78, 5) is 7.48. The summed E-state index contributed by atoms with van der Waals surface area (Å²) in [6, 6.07) is 0. The van der Waals surface area contributed by atoms with Gasteiger partial charge >= 0.3 is 0 Å². The molecule has 0 atom stereocenters. The molecular formula is C9H16N2. The molecule has 0 spiro atoms. The molecule has 0 aliphatic carbocycles. The van der Waals surface area contributed by atoms with E-state index in [1.165, 1.54) is 19.3 Å². The summed E-state index contributed by atoms with van der Waals surface area (Å²) in [7, 11) is 0. The van der Waals surface area contributed by atoms with Gasteiger partial charge in [0.25, 0.3) is 0 Å². The van der Waals surface area contributed by atoms with Crippen LogP contribution in [0, 0.1) is 6.92 Å². The topological polar surface area (TPSA) is 28.7 Å². The van der Waals surface area contributed by atoms with Crippen LogP contribution in [0.25, 0.3) is 0 Å². The third kappa shape index (κ3) is 2.74. The molecule has 11 heavy (non-hydrogen) atoms. The highest BCUT2D eigenvalue weighted by atomic mass is 14.9. The van der Waals surface area contributed by atoms with Gasteiger partial charge in [0, 0.05) is 12.6 Å². The second-order valence-corrected chi connectivity index (χ2v) is 2.95. The van der Waals surface area contributed by atoms with Gasteiger partial charge in [-0.25, -0.2) is 4.98 Å². The molecule has 1 rings (SSSR count). The summed E-state index contributed by atoms with van der Waals surface area (Å²) < 4.78 is 0. The van der Waals surface area contributed by atoms with E-state index >= 15 is 0 Å². The maximum atomic E-state index is 4.33. The van der Waals surface area contributed by atoms with Gasteiger partial charge in [0.05, 0.1) is 5.69 Å². The molecule has 1 aromatic heterocycles. The van der Waals surface area contributed by atoms with Crippen molar-refractivity contribution in [2.45, 2.75) is 39.5 Å². The monoisotopic (exact) mass is 152 g/mol. The Balaban J connectivity index is 2.27. The van der Waals surface area contributed by atoms with Crippen molar-refractivity contribution in [1.29, 1.82) is 0 Å². The second kappa shape index (κ2) is 4.16. The molecule has 1 aromatic rings. The molecule has 0 unspecified atom stereocenters. The molecule has 0 aliphatic heterocycles. The maximum absolute atomic E-state index is 4.33. The first-order chi connectivity index (χ1) is 5.33. The molecule has 0 aliphatic rings. The standard InChI is InChI=1S/C9H16N2/c1-3-4-5-6-9-10-7-8(2)11-9/h7H,3-6H2,1-2H3,(H,10,11). The Kier molecular flexibility index (Phi) is 3.14. The van der Waals surface area contributed by atoms with Crippen LogP contribution in [-0.2, 0) is 6.42 Å². The zero-order valence-electron chi connectivity index (χ0n) is 7.35. The largest absolute Gasteiger partial charge is 0.348 e. The van der Waals surface area contributed by atoms with Crippen molar-refractivity contribution in [2.24, 2.45) is 0 Å². The first-order valence-electron chi connectivity index (χ1n) is 4.34. The van der Waals surface area contributed by atoms with E-state index in [4.69, 9.17) is 0 Å². The van der Waals surface area contributed by atoms with E-state index in [0.717, 1.165) is 17.9 Å². The van der Waals surface area contributed by atoms with Gasteiger partial charge in [0.1, 0.15) is 5.82 Å². The van der Waals surface area contributed by atoms with Gasteiger partial charge in [0.2, 0.25) is 0 Å². The predicted molar refractivity (Wildman–Crippen MR) is 46.6 cm³/mol. The highest BCUT2D eigenvalue weighted by Gasteiger charge is 1.95. The summed E-state index contributed by atoms with van der Waals surface area (Å²) >= 11 is 0. The van der Waals surface area contributed by atoms with Gasteiger partial charge in [-0.2, -0.15) is 0 Å². The SMILES string of the molecule is CCCCCc1nc(C)c[nH]1. The Hall–Kier alpha value is -0.790. The molecule has 2 nitrogen and oxygen atoms in total. The lowest BCUT2D eigenvalue weighted by Gasteiger charge is -1.93. The summed E-state index contributed by atoms with van der Waals surface area (Å²) in [6.07, 6.45) is 6.89. The van der Waals surface area contributed by atoms with Gasteiger partial charge in [-0.3, -0.25) is 0 Å². The van der Waals surface area contributed by atoms with Gasteiger partial charge in [0.15, 0.2) is 0 Å². The number of hydrogen-bond donors (Lipinski definition) is 1. The van der Waals surface area contributed by atoms with Crippen molar-refractivity contribution >= 4 is 0 Å². The van der Waals surface area contributed by atoms with E-state index in [9.17, 15) is 0 Å². The van der Waals surface area contributed by atoms with Gasteiger partial charge in [-0.05, 0) is 13.3 Å².